The van der Waals surface area contributed by atoms with Gasteiger partial charge in [0.1, 0.15) is 0 Å². The van der Waals surface area contributed by atoms with Gasteiger partial charge in [-0.1, -0.05) is 11.6 Å². The highest BCUT2D eigenvalue weighted by molar-refractivity contribution is 6.31. The third-order valence-electron chi connectivity index (χ3n) is 3.21. The summed E-state index contributed by atoms with van der Waals surface area (Å²) < 4.78 is 12.5. The Balaban J connectivity index is 1.83. The van der Waals surface area contributed by atoms with Crippen LogP contribution in [0.3, 0.4) is 0 Å². The quantitative estimate of drug-likeness (QED) is 0.948. The minimum atomic E-state index is -0.577. The first-order valence-corrected chi connectivity index (χ1v) is 7.05. The summed E-state index contributed by atoms with van der Waals surface area (Å²) in [5.41, 5.74) is 1.48. The minimum Gasteiger partial charge on any atom is -0.376 e. The Hall–Kier alpha value is -1.82. The number of aromatic nitrogens is 1. The molecule has 1 aromatic heterocycles. The maximum absolute atomic E-state index is 12.2. The number of ether oxygens (including phenoxy) is 2. The van der Waals surface area contributed by atoms with Gasteiger partial charge < -0.3 is 19.4 Å². The first-order valence-electron chi connectivity index (χ1n) is 6.67. The van der Waals surface area contributed by atoms with Gasteiger partial charge >= 0.3 is 0 Å². The van der Waals surface area contributed by atoms with Crippen molar-refractivity contribution in [3.8, 4) is 5.69 Å². The van der Waals surface area contributed by atoms with Crippen molar-refractivity contribution in [2.24, 2.45) is 0 Å². The van der Waals surface area contributed by atoms with Crippen molar-refractivity contribution in [2.45, 2.75) is 6.10 Å². The molecule has 0 unspecified atom stereocenters. The summed E-state index contributed by atoms with van der Waals surface area (Å²) in [4.78, 5) is 12.2. The summed E-state index contributed by atoms with van der Waals surface area (Å²) >= 11 is 6.05. The van der Waals surface area contributed by atoms with E-state index in [1.807, 2.05) is 29.1 Å². The Morgan fingerprint density at radius 2 is 2.10 bits per heavy atom. The number of carbonyl (C=O) groups is 1. The Morgan fingerprint density at radius 3 is 2.81 bits per heavy atom. The molecular weight excluding hydrogens is 292 g/mol. The molecule has 2 heterocycles. The van der Waals surface area contributed by atoms with Crippen molar-refractivity contribution in [1.82, 2.24) is 4.57 Å². The van der Waals surface area contributed by atoms with E-state index in [0.29, 0.717) is 23.9 Å². The van der Waals surface area contributed by atoms with Gasteiger partial charge in [0.25, 0.3) is 5.91 Å². The van der Waals surface area contributed by atoms with E-state index in [-0.39, 0.29) is 12.5 Å². The number of benzene rings is 1. The van der Waals surface area contributed by atoms with Crippen LogP contribution >= 0.6 is 11.6 Å². The number of halogens is 1. The summed E-state index contributed by atoms with van der Waals surface area (Å²) in [6.07, 6.45) is 3.20. The number of hydrogen-bond acceptors (Lipinski definition) is 3. The fraction of sp³-hybridized carbons (Fsp3) is 0.267. The second-order valence-corrected chi connectivity index (χ2v) is 5.11. The highest BCUT2D eigenvalue weighted by Gasteiger charge is 2.23. The maximum Gasteiger partial charge on any atom is 0.255 e. The van der Waals surface area contributed by atoms with Crippen molar-refractivity contribution in [3.05, 3.63) is 47.7 Å². The van der Waals surface area contributed by atoms with E-state index in [9.17, 15) is 4.79 Å². The number of nitrogens with zero attached hydrogens (tertiary/aromatic N) is 1. The number of anilines is 1. The molecule has 1 aliphatic heterocycles. The number of amides is 1. The average molecular weight is 307 g/mol. The zero-order chi connectivity index (χ0) is 14.7. The fourth-order valence-corrected chi connectivity index (χ4v) is 2.34. The first-order chi connectivity index (χ1) is 10.2. The van der Waals surface area contributed by atoms with Gasteiger partial charge in [0.05, 0.1) is 31.2 Å². The standard InChI is InChI=1S/C15H15ClN2O3/c16-11-3-4-12(13(9-11)18-5-1-2-6-18)17-15(19)14-10-20-7-8-21-14/h1-6,9,14H,7-8,10H2,(H,17,19)/t14-/m1/s1. The lowest BCUT2D eigenvalue weighted by Gasteiger charge is -2.22. The first kappa shape index (κ1) is 14.1. The predicted octanol–water partition coefficient (Wildman–Crippen LogP) is 2.48. The molecule has 1 amide bonds. The molecule has 2 aromatic rings. The van der Waals surface area contributed by atoms with E-state index in [1.165, 1.54) is 0 Å². The highest BCUT2D eigenvalue weighted by atomic mass is 35.5. The average Bonchev–Trinajstić information content (AvgIpc) is 3.04. The van der Waals surface area contributed by atoms with E-state index < -0.39 is 6.10 Å². The summed E-state index contributed by atoms with van der Waals surface area (Å²) in [7, 11) is 0. The van der Waals surface area contributed by atoms with E-state index >= 15 is 0 Å². The van der Waals surface area contributed by atoms with Crippen LogP contribution < -0.4 is 5.32 Å². The van der Waals surface area contributed by atoms with Crippen LogP contribution in [0.2, 0.25) is 5.02 Å². The lowest BCUT2D eigenvalue weighted by molar-refractivity contribution is -0.142. The molecule has 0 radical (unpaired) electrons. The molecule has 1 N–H and O–H groups in total. The van der Waals surface area contributed by atoms with Crippen LogP contribution in [0.1, 0.15) is 0 Å². The molecule has 21 heavy (non-hydrogen) atoms. The molecule has 1 fully saturated rings. The van der Waals surface area contributed by atoms with Gasteiger partial charge in [0.15, 0.2) is 6.10 Å². The lowest BCUT2D eigenvalue weighted by atomic mass is 10.2. The monoisotopic (exact) mass is 306 g/mol. The summed E-state index contributed by atoms with van der Waals surface area (Å²) in [5, 5.41) is 3.48. The Morgan fingerprint density at radius 1 is 1.29 bits per heavy atom. The molecule has 5 nitrogen and oxygen atoms in total. The molecule has 1 saturated heterocycles. The van der Waals surface area contributed by atoms with Crippen LogP contribution in [0.15, 0.2) is 42.7 Å². The van der Waals surface area contributed by atoms with Gasteiger partial charge in [-0.05, 0) is 30.3 Å². The van der Waals surface area contributed by atoms with Gasteiger partial charge in [-0.3, -0.25) is 4.79 Å². The van der Waals surface area contributed by atoms with E-state index in [2.05, 4.69) is 5.32 Å². The van der Waals surface area contributed by atoms with Crippen molar-refractivity contribution < 1.29 is 14.3 Å². The zero-order valence-electron chi connectivity index (χ0n) is 11.3. The van der Waals surface area contributed by atoms with E-state index in [1.54, 1.807) is 18.2 Å². The second kappa shape index (κ2) is 6.30. The molecule has 0 spiro atoms. The molecule has 6 heteroatoms. The molecule has 0 bridgehead atoms. The van der Waals surface area contributed by atoms with Crippen LogP contribution in [0, 0.1) is 0 Å². The highest BCUT2D eigenvalue weighted by Crippen LogP contribution is 2.25. The molecule has 0 saturated carbocycles. The van der Waals surface area contributed by atoms with Crippen LogP contribution in [0.4, 0.5) is 5.69 Å². The molecule has 1 aromatic carbocycles. The molecule has 110 valence electrons. The Bertz CT molecular complexity index is 622. The van der Waals surface area contributed by atoms with Gasteiger partial charge in [-0.15, -0.1) is 0 Å². The topological polar surface area (TPSA) is 52.5 Å². The predicted molar refractivity (Wildman–Crippen MR) is 80.0 cm³/mol. The van der Waals surface area contributed by atoms with Crippen LogP contribution in [-0.2, 0) is 14.3 Å². The Labute approximate surface area is 127 Å². The Kier molecular flexibility index (Phi) is 4.24. The van der Waals surface area contributed by atoms with Crippen molar-refractivity contribution in [1.29, 1.82) is 0 Å². The SMILES string of the molecule is O=C(Nc1ccc(Cl)cc1-n1cccc1)[C@H]1COCCO1. The fourth-order valence-electron chi connectivity index (χ4n) is 2.17. The molecule has 1 atom stereocenters. The summed E-state index contributed by atoms with van der Waals surface area (Å²) in [6, 6.07) is 9.13. The summed E-state index contributed by atoms with van der Waals surface area (Å²) in [5.74, 6) is -0.217. The largest absolute Gasteiger partial charge is 0.376 e. The summed E-state index contributed by atoms with van der Waals surface area (Å²) in [6.45, 7) is 1.24. The third kappa shape index (κ3) is 3.26. The minimum absolute atomic E-state index is 0.217. The second-order valence-electron chi connectivity index (χ2n) is 4.68. The van der Waals surface area contributed by atoms with Gasteiger partial charge in [0, 0.05) is 17.4 Å². The van der Waals surface area contributed by atoms with Crippen LogP contribution in [-0.4, -0.2) is 36.4 Å². The zero-order valence-corrected chi connectivity index (χ0v) is 12.0. The smallest absolute Gasteiger partial charge is 0.255 e. The normalized spacial score (nSPS) is 18.4. The molecule has 1 aliphatic rings. The number of hydrogen-bond donors (Lipinski definition) is 1. The van der Waals surface area contributed by atoms with E-state index in [0.717, 1.165) is 5.69 Å². The van der Waals surface area contributed by atoms with E-state index in [4.69, 9.17) is 21.1 Å². The van der Waals surface area contributed by atoms with Crippen molar-refractivity contribution >= 4 is 23.2 Å². The van der Waals surface area contributed by atoms with Gasteiger partial charge in [-0.2, -0.15) is 0 Å². The number of rotatable bonds is 3. The van der Waals surface area contributed by atoms with Crippen LogP contribution in [0.25, 0.3) is 5.69 Å². The number of carbonyl (C=O) groups excluding carboxylic acids is 1. The van der Waals surface area contributed by atoms with Gasteiger partial charge in [0.2, 0.25) is 0 Å². The van der Waals surface area contributed by atoms with Gasteiger partial charge in [-0.25, -0.2) is 0 Å². The molecular formula is C15H15ClN2O3. The number of nitrogens with one attached hydrogen (secondary N) is 1. The van der Waals surface area contributed by atoms with Crippen LogP contribution in [0.5, 0.6) is 0 Å². The van der Waals surface area contributed by atoms with Crippen molar-refractivity contribution in [3.63, 3.8) is 0 Å². The molecule has 0 aliphatic carbocycles. The van der Waals surface area contributed by atoms with Crippen molar-refractivity contribution in [2.75, 3.05) is 25.1 Å². The lowest BCUT2D eigenvalue weighted by Crippen LogP contribution is -2.39. The molecule has 3 rings (SSSR count). The maximum atomic E-state index is 12.2. The third-order valence-corrected chi connectivity index (χ3v) is 3.44.